The van der Waals surface area contributed by atoms with Crippen molar-refractivity contribution in [2.45, 2.75) is 59.3 Å². The third-order valence-corrected chi connectivity index (χ3v) is 4.81. The molecule has 0 saturated heterocycles. The molecule has 0 saturated carbocycles. The molecule has 0 nitrogen and oxygen atoms in total. The van der Waals surface area contributed by atoms with Crippen LogP contribution in [0.15, 0.2) is 34.4 Å². The zero-order valence-corrected chi connectivity index (χ0v) is 11.5. The molecule has 3 aliphatic rings. The zero-order valence-electron chi connectivity index (χ0n) is 11.5. The molecule has 17 heavy (non-hydrogen) atoms. The van der Waals surface area contributed by atoms with E-state index in [1.807, 2.05) is 0 Å². The first kappa shape index (κ1) is 11.3. The van der Waals surface area contributed by atoms with Crippen molar-refractivity contribution in [3.8, 4) is 0 Å². The number of hydrogen-bond acceptors (Lipinski definition) is 0. The first-order chi connectivity index (χ1) is 8.13. The van der Waals surface area contributed by atoms with Crippen LogP contribution in [0.5, 0.6) is 0 Å². The Morgan fingerprint density at radius 1 is 1.18 bits per heavy atom. The monoisotopic (exact) mass is 228 g/mol. The molecule has 3 aliphatic carbocycles. The van der Waals surface area contributed by atoms with Crippen molar-refractivity contribution in [2.24, 2.45) is 11.3 Å². The van der Waals surface area contributed by atoms with E-state index in [9.17, 15) is 0 Å². The predicted octanol–water partition coefficient (Wildman–Crippen LogP) is 5.18. The van der Waals surface area contributed by atoms with Crippen molar-refractivity contribution in [3.05, 3.63) is 34.4 Å². The quantitative estimate of drug-likeness (QED) is 0.569. The maximum Gasteiger partial charge on any atom is 0.0103 e. The van der Waals surface area contributed by atoms with Gasteiger partial charge in [-0.25, -0.2) is 0 Å². The number of hydrogen-bond donors (Lipinski definition) is 0. The second-order valence-corrected chi connectivity index (χ2v) is 6.59. The van der Waals surface area contributed by atoms with Crippen LogP contribution in [0.25, 0.3) is 0 Å². The molecule has 0 spiro atoms. The van der Waals surface area contributed by atoms with Crippen molar-refractivity contribution >= 4 is 0 Å². The van der Waals surface area contributed by atoms with E-state index in [1.54, 1.807) is 22.3 Å². The lowest BCUT2D eigenvalue weighted by Crippen LogP contribution is -2.16. The average molecular weight is 228 g/mol. The second-order valence-electron chi connectivity index (χ2n) is 6.59. The maximum atomic E-state index is 2.52. The molecule has 0 aliphatic heterocycles. The van der Waals surface area contributed by atoms with Crippen LogP contribution < -0.4 is 0 Å². The minimum Gasteiger partial charge on any atom is -0.0654 e. The molecule has 0 aromatic rings. The van der Waals surface area contributed by atoms with Gasteiger partial charge in [-0.2, -0.15) is 0 Å². The Labute approximate surface area is 105 Å². The average Bonchev–Trinajstić information content (AvgIpc) is 2.86. The molecule has 0 N–H and O–H groups in total. The fourth-order valence-corrected chi connectivity index (χ4v) is 3.85. The van der Waals surface area contributed by atoms with Gasteiger partial charge in [-0.15, -0.1) is 0 Å². The Kier molecular flexibility index (Phi) is 2.57. The normalized spacial score (nSPS) is 27.8. The predicted molar refractivity (Wildman–Crippen MR) is 73.8 cm³/mol. The van der Waals surface area contributed by atoms with Crippen molar-refractivity contribution in [3.63, 3.8) is 0 Å². The van der Waals surface area contributed by atoms with Gasteiger partial charge in [0.2, 0.25) is 0 Å². The lowest BCUT2D eigenvalue weighted by atomic mass is 9.76. The summed E-state index contributed by atoms with van der Waals surface area (Å²) in [5, 5.41) is 0. The summed E-state index contributed by atoms with van der Waals surface area (Å²) in [5.74, 6) is 0.793. The lowest BCUT2D eigenvalue weighted by Gasteiger charge is -2.28. The van der Waals surface area contributed by atoms with Gasteiger partial charge in [0.15, 0.2) is 0 Å². The van der Waals surface area contributed by atoms with Gasteiger partial charge < -0.3 is 0 Å². The van der Waals surface area contributed by atoms with E-state index in [2.05, 4.69) is 32.9 Å². The molecule has 0 radical (unpaired) electrons. The SMILES string of the molecule is CCCCCCC1=CC2=C3C=C1C2CC3(C)C. The van der Waals surface area contributed by atoms with Crippen molar-refractivity contribution < 1.29 is 0 Å². The van der Waals surface area contributed by atoms with Crippen LogP contribution in [0.3, 0.4) is 0 Å². The molecule has 0 fully saturated rings. The summed E-state index contributed by atoms with van der Waals surface area (Å²) in [6.07, 6.45) is 13.2. The van der Waals surface area contributed by atoms with Crippen LogP contribution in [0.4, 0.5) is 0 Å². The van der Waals surface area contributed by atoms with Crippen molar-refractivity contribution in [1.29, 1.82) is 0 Å². The first-order valence-electron chi connectivity index (χ1n) is 7.30. The maximum absolute atomic E-state index is 2.52. The minimum absolute atomic E-state index is 0.452. The second kappa shape index (κ2) is 3.86. The van der Waals surface area contributed by atoms with Crippen LogP contribution >= 0.6 is 0 Å². The van der Waals surface area contributed by atoms with Crippen LogP contribution in [-0.2, 0) is 0 Å². The van der Waals surface area contributed by atoms with E-state index in [0.29, 0.717) is 5.41 Å². The molecule has 0 amide bonds. The molecule has 0 aromatic heterocycles. The van der Waals surface area contributed by atoms with Crippen molar-refractivity contribution in [1.82, 2.24) is 0 Å². The highest BCUT2D eigenvalue weighted by Crippen LogP contribution is 2.60. The smallest absolute Gasteiger partial charge is 0.0103 e. The van der Waals surface area contributed by atoms with E-state index in [-0.39, 0.29) is 0 Å². The molecule has 0 heterocycles. The topological polar surface area (TPSA) is 0 Å². The van der Waals surface area contributed by atoms with E-state index < -0.39 is 0 Å². The lowest BCUT2D eigenvalue weighted by molar-refractivity contribution is 0.405. The Bertz CT molecular complexity index is 429. The standard InChI is InChI=1S/C17H24/c1-4-5-6-7-8-12-9-14-15-11-17(2,3)16(14)10-13(12)15/h9-10,15H,4-8,11H2,1-3H3. The summed E-state index contributed by atoms with van der Waals surface area (Å²) in [7, 11) is 0. The molecule has 3 rings (SSSR count). The van der Waals surface area contributed by atoms with Gasteiger partial charge in [0, 0.05) is 5.92 Å². The van der Waals surface area contributed by atoms with Gasteiger partial charge in [-0.1, -0.05) is 52.2 Å². The van der Waals surface area contributed by atoms with Crippen LogP contribution in [0.1, 0.15) is 59.3 Å². The summed E-state index contributed by atoms with van der Waals surface area (Å²) in [4.78, 5) is 0. The first-order valence-corrected chi connectivity index (χ1v) is 7.30. The molecular weight excluding hydrogens is 204 g/mol. The van der Waals surface area contributed by atoms with E-state index in [0.717, 1.165) is 5.92 Å². The molecular formula is C17H24. The van der Waals surface area contributed by atoms with E-state index >= 15 is 0 Å². The summed E-state index contributed by atoms with van der Waals surface area (Å²) < 4.78 is 0. The van der Waals surface area contributed by atoms with Crippen LogP contribution in [-0.4, -0.2) is 0 Å². The van der Waals surface area contributed by atoms with Gasteiger partial charge in [-0.05, 0) is 47.0 Å². The summed E-state index contributed by atoms with van der Waals surface area (Å²) in [6, 6.07) is 0. The minimum atomic E-state index is 0.452. The molecule has 4 bridgehead atoms. The van der Waals surface area contributed by atoms with Gasteiger partial charge in [0.05, 0.1) is 0 Å². The Hall–Kier alpha value is -0.780. The molecule has 1 unspecified atom stereocenters. The fraction of sp³-hybridized carbons (Fsp3) is 0.647. The molecule has 0 aromatic carbocycles. The third-order valence-electron chi connectivity index (χ3n) is 4.81. The van der Waals surface area contributed by atoms with Gasteiger partial charge in [0.25, 0.3) is 0 Å². The number of rotatable bonds is 5. The Morgan fingerprint density at radius 3 is 2.65 bits per heavy atom. The highest BCUT2D eigenvalue weighted by molar-refractivity contribution is 5.66. The molecule has 1 atom stereocenters. The largest absolute Gasteiger partial charge is 0.0654 e. The Balaban J connectivity index is 1.67. The summed E-state index contributed by atoms with van der Waals surface area (Å²) in [5.41, 5.74) is 7.13. The molecule has 92 valence electrons. The van der Waals surface area contributed by atoms with E-state index in [4.69, 9.17) is 0 Å². The van der Waals surface area contributed by atoms with Crippen LogP contribution in [0.2, 0.25) is 0 Å². The number of allylic oxidation sites excluding steroid dienone is 6. The fourth-order valence-electron chi connectivity index (χ4n) is 3.85. The van der Waals surface area contributed by atoms with Gasteiger partial charge >= 0.3 is 0 Å². The highest BCUT2D eigenvalue weighted by Gasteiger charge is 2.46. The molecule has 0 heteroatoms. The third kappa shape index (κ3) is 1.64. The van der Waals surface area contributed by atoms with Crippen molar-refractivity contribution in [2.75, 3.05) is 0 Å². The number of unbranched alkanes of at least 4 members (excludes halogenated alkanes) is 3. The summed E-state index contributed by atoms with van der Waals surface area (Å²) in [6.45, 7) is 7.08. The van der Waals surface area contributed by atoms with Crippen LogP contribution in [0, 0.1) is 11.3 Å². The summed E-state index contributed by atoms with van der Waals surface area (Å²) >= 11 is 0. The Morgan fingerprint density at radius 2 is 2.00 bits per heavy atom. The van der Waals surface area contributed by atoms with E-state index in [1.165, 1.54) is 38.5 Å². The van der Waals surface area contributed by atoms with Gasteiger partial charge in [0.1, 0.15) is 0 Å². The zero-order chi connectivity index (χ0) is 12.0. The highest BCUT2D eigenvalue weighted by atomic mass is 14.5. The van der Waals surface area contributed by atoms with Gasteiger partial charge in [-0.3, -0.25) is 0 Å².